The Morgan fingerprint density at radius 1 is 1.73 bits per heavy atom. The van der Waals surface area contributed by atoms with Crippen LogP contribution in [0.2, 0.25) is 0 Å². The molecular weight excluding hydrogens is 210 g/mol. The fourth-order valence-electron chi connectivity index (χ4n) is 1.71. The molecule has 0 spiro atoms. The summed E-state index contributed by atoms with van der Waals surface area (Å²) in [6.07, 6.45) is 0.902. The van der Waals surface area contributed by atoms with Gasteiger partial charge in [-0.3, -0.25) is 10.1 Å². The summed E-state index contributed by atoms with van der Waals surface area (Å²) in [5.41, 5.74) is 1.05. The molecule has 2 rings (SSSR count). The summed E-state index contributed by atoms with van der Waals surface area (Å²) in [7, 11) is 1.84. The number of aryl methyl sites for hydroxylation is 1. The summed E-state index contributed by atoms with van der Waals surface area (Å²) in [6.45, 7) is 3.53. The van der Waals surface area contributed by atoms with Gasteiger partial charge in [-0.1, -0.05) is 0 Å². The molecule has 1 unspecified atom stereocenters. The van der Waals surface area contributed by atoms with Crippen LogP contribution in [0.15, 0.2) is 5.38 Å². The number of rotatable bonds is 3. The number of hydrogen-bond donors (Lipinski definition) is 1. The fourth-order valence-corrected chi connectivity index (χ4v) is 2.43. The van der Waals surface area contributed by atoms with Gasteiger partial charge in [0.05, 0.1) is 6.04 Å². The quantitative estimate of drug-likeness (QED) is 0.826. The van der Waals surface area contributed by atoms with Crippen molar-refractivity contribution in [2.75, 3.05) is 13.6 Å². The third-order valence-electron chi connectivity index (χ3n) is 2.59. The van der Waals surface area contributed by atoms with E-state index in [2.05, 4.69) is 10.3 Å². The third kappa shape index (κ3) is 2.35. The van der Waals surface area contributed by atoms with Crippen molar-refractivity contribution in [3.05, 3.63) is 16.1 Å². The van der Waals surface area contributed by atoms with Crippen molar-refractivity contribution in [1.29, 1.82) is 0 Å². The van der Waals surface area contributed by atoms with E-state index in [1.165, 1.54) is 0 Å². The van der Waals surface area contributed by atoms with Crippen LogP contribution in [0.5, 0.6) is 0 Å². The summed E-state index contributed by atoms with van der Waals surface area (Å²) >= 11 is 1.64. The molecule has 1 N–H and O–H groups in total. The normalized spacial score (nSPS) is 21.3. The number of nitrogens with zero attached hydrogens (tertiary/aromatic N) is 2. The maximum atomic E-state index is 11.6. The lowest BCUT2D eigenvalue weighted by Gasteiger charge is -2.10. The Balaban J connectivity index is 1.86. The zero-order chi connectivity index (χ0) is 10.8. The van der Waals surface area contributed by atoms with Crippen molar-refractivity contribution in [1.82, 2.24) is 15.2 Å². The SMILES string of the molecule is Cc1csc(CNC2CCN(C)C2=O)n1. The molecule has 1 fully saturated rings. The average molecular weight is 225 g/mol. The molecule has 0 radical (unpaired) electrons. The summed E-state index contributed by atoms with van der Waals surface area (Å²) in [5.74, 6) is 0.197. The van der Waals surface area contributed by atoms with Gasteiger partial charge in [0.15, 0.2) is 0 Å². The van der Waals surface area contributed by atoms with Gasteiger partial charge in [0.1, 0.15) is 5.01 Å². The molecule has 0 bridgehead atoms. The van der Waals surface area contributed by atoms with Gasteiger partial charge >= 0.3 is 0 Å². The predicted octanol–water partition coefficient (Wildman–Crippen LogP) is 0.772. The lowest BCUT2D eigenvalue weighted by atomic mass is 10.2. The van der Waals surface area contributed by atoms with Crippen molar-refractivity contribution >= 4 is 17.2 Å². The number of likely N-dealkylation sites (tertiary alicyclic amines) is 1. The molecule has 1 aromatic rings. The molecule has 1 atom stereocenters. The lowest BCUT2D eigenvalue weighted by Crippen LogP contribution is -2.36. The molecule has 0 saturated carbocycles. The second kappa shape index (κ2) is 4.28. The number of carbonyl (C=O) groups is 1. The highest BCUT2D eigenvalue weighted by molar-refractivity contribution is 7.09. The molecule has 0 aromatic carbocycles. The van der Waals surface area contributed by atoms with E-state index in [0.717, 1.165) is 23.7 Å². The number of hydrogen-bond acceptors (Lipinski definition) is 4. The van der Waals surface area contributed by atoms with Crippen LogP contribution in [0.4, 0.5) is 0 Å². The zero-order valence-corrected chi connectivity index (χ0v) is 9.80. The minimum absolute atomic E-state index is 0.0146. The van der Waals surface area contributed by atoms with Gasteiger partial charge in [-0.15, -0.1) is 11.3 Å². The van der Waals surface area contributed by atoms with Crippen LogP contribution in [0.1, 0.15) is 17.1 Å². The molecular formula is C10H15N3OS. The second-order valence-corrected chi connectivity index (χ2v) is 4.81. The number of nitrogens with one attached hydrogen (secondary N) is 1. The Kier molecular flexibility index (Phi) is 3.02. The van der Waals surface area contributed by atoms with Gasteiger partial charge in [0.25, 0.3) is 0 Å². The number of aromatic nitrogens is 1. The summed E-state index contributed by atoms with van der Waals surface area (Å²) < 4.78 is 0. The van der Waals surface area contributed by atoms with Gasteiger partial charge in [0.2, 0.25) is 5.91 Å². The highest BCUT2D eigenvalue weighted by Crippen LogP contribution is 2.12. The molecule has 5 heteroatoms. The smallest absolute Gasteiger partial charge is 0.239 e. The van der Waals surface area contributed by atoms with Gasteiger partial charge in [-0.25, -0.2) is 4.98 Å². The van der Waals surface area contributed by atoms with Crippen LogP contribution in [0.3, 0.4) is 0 Å². The molecule has 2 heterocycles. The summed E-state index contributed by atoms with van der Waals surface area (Å²) in [5, 5.41) is 6.33. The van der Waals surface area contributed by atoms with E-state index in [1.54, 1.807) is 16.2 Å². The zero-order valence-electron chi connectivity index (χ0n) is 8.99. The van der Waals surface area contributed by atoms with E-state index in [0.29, 0.717) is 6.54 Å². The molecule has 82 valence electrons. The largest absolute Gasteiger partial charge is 0.344 e. The van der Waals surface area contributed by atoms with E-state index in [-0.39, 0.29) is 11.9 Å². The van der Waals surface area contributed by atoms with Crippen LogP contribution in [-0.2, 0) is 11.3 Å². The molecule has 1 aliphatic rings. The van der Waals surface area contributed by atoms with Gasteiger partial charge in [0, 0.05) is 31.2 Å². The van der Waals surface area contributed by atoms with E-state index >= 15 is 0 Å². The van der Waals surface area contributed by atoms with Crippen molar-refractivity contribution in [3.63, 3.8) is 0 Å². The first-order valence-corrected chi connectivity index (χ1v) is 5.94. The molecule has 4 nitrogen and oxygen atoms in total. The van der Waals surface area contributed by atoms with E-state index in [1.807, 2.05) is 19.4 Å². The Morgan fingerprint density at radius 2 is 2.53 bits per heavy atom. The van der Waals surface area contributed by atoms with Crippen LogP contribution in [0.25, 0.3) is 0 Å². The number of likely N-dealkylation sites (N-methyl/N-ethyl adjacent to an activating group) is 1. The lowest BCUT2D eigenvalue weighted by molar-refractivity contribution is -0.128. The van der Waals surface area contributed by atoms with Gasteiger partial charge in [-0.2, -0.15) is 0 Å². The van der Waals surface area contributed by atoms with Crippen LogP contribution in [-0.4, -0.2) is 35.4 Å². The maximum Gasteiger partial charge on any atom is 0.239 e. The fraction of sp³-hybridized carbons (Fsp3) is 0.600. The molecule has 15 heavy (non-hydrogen) atoms. The van der Waals surface area contributed by atoms with Crippen molar-refractivity contribution < 1.29 is 4.79 Å². The summed E-state index contributed by atoms with van der Waals surface area (Å²) in [4.78, 5) is 17.7. The predicted molar refractivity (Wildman–Crippen MR) is 59.7 cm³/mol. The first-order chi connectivity index (χ1) is 7.16. The Morgan fingerprint density at radius 3 is 3.07 bits per heavy atom. The van der Waals surface area contributed by atoms with Crippen molar-refractivity contribution in [2.24, 2.45) is 0 Å². The van der Waals surface area contributed by atoms with E-state index in [4.69, 9.17) is 0 Å². The summed E-state index contributed by atoms with van der Waals surface area (Å²) in [6, 6.07) is -0.0146. The van der Waals surface area contributed by atoms with Gasteiger partial charge in [-0.05, 0) is 13.3 Å². The first kappa shape index (κ1) is 10.6. The number of carbonyl (C=O) groups excluding carboxylic acids is 1. The molecule has 1 aromatic heterocycles. The molecule has 1 amide bonds. The highest BCUT2D eigenvalue weighted by Gasteiger charge is 2.28. The Labute approximate surface area is 93.3 Å². The maximum absolute atomic E-state index is 11.6. The Hall–Kier alpha value is -0.940. The molecule has 0 aliphatic carbocycles. The number of thiazole rings is 1. The van der Waals surface area contributed by atoms with Crippen LogP contribution < -0.4 is 5.32 Å². The Bertz CT molecular complexity index is 363. The van der Waals surface area contributed by atoms with E-state index in [9.17, 15) is 4.79 Å². The standard InChI is InChI=1S/C10H15N3OS/c1-7-6-15-9(12-7)5-11-8-3-4-13(2)10(8)14/h6,8,11H,3-5H2,1-2H3. The second-order valence-electron chi connectivity index (χ2n) is 3.86. The van der Waals surface area contributed by atoms with Crippen molar-refractivity contribution in [3.8, 4) is 0 Å². The van der Waals surface area contributed by atoms with Crippen LogP contribution >= 0.6 is 11.3 Å². The first-order valence-electron chi connectivity index (χ1n) is 5.06. The highest BCUT2D eigenvalue weighted by atomic mass is 32.1. The van der Waals surface area contributed by atoms with Gasteiger partial charge < -0.3 is 4.90 Å². The average Bonchev–Trinajstić information content (AvgIpc) is 2.74. The topological polar surface area (TPSA) is 45.2 Å². The monoisotopic (exact) mass is 225 g/mol. The van der Waals surface area contributed by atoms with E-state index < -0.39 is 0 Å². The minimum atomic E-state index is -0.0146. The minimum Gasteiger partial charge on any atom is -0.344 e. The van der Waals surface area contributed by atoms with Crippen molar-refractivity contribution in [2.45, 2.75) is 25.9 Å². The molecule has 1 aliphatic heterocycles. The third-order valence-corrected chi connectivity index (χ3v) is 3.56. The number of amides is 1. The van der Waals surface area contributed by atoms with Crippen LogP contribution in [0, 0.1) is 6.92 Å². The molecule has 1 saturated heterocycles.